The van der Waals surface area contributed by atoms with Gasteiger partial charge < -0.3 is 20.1 Å². The summed E-state index contributed by atoms with van der Waals surface area (Å²) in [5.41, 5.74) is 3.55. The SMILES string of the molecule is COc1cc(CNc2cccc(NC(=O)CC(C)C)c2)cc(Cl)c1OCc1ccc(Cl)cc1. The van der Waals surface area contributed by atoms with Crippen LogP contribution in [-0.4, -0.2) is 13.0 Å². The summed E-state index contributed by atoms with van der Waals surface area (Å²) in [6.45, 7) is 4.91. The molecule has 0 heterocycles. The minimum Gasteiger partial charge on any atom is -0.493 e. The second-order valence-electron chi connectivity index (χ2n) is 8.10. The highest BCUT2D eigenvalue weighted by atomic mass is 35.5. The predicted molar refractivity (Wildman–Crippen MR) is 136 cm³/mol. The van der Waals surface area contributed by atoms with E-state index in [4.69, 9.17) is 32.7 Å². The third-order valence-electron chi connectivity index (χ3n) is 4.82. The van der Waals surface area contributed by atoms with E-state index in [-0.39, 0.29) is 5.91 Å². The van der Waals surface area contributed by atoms with Gasteiger partial charge in [0, 0.05) is 29.4 Å². The number of carbonyl (C=O) groups excluding carboxylic acids is 1. The minimum atomic E-state index is 0.00728. The van der Waals surface area contributed by atoms with Gasteiger partial charge in [0.05, 0.1) is 12.1 Å². The van der Waals surface area contributed by atoms with E-state index in [1.165, 1.54) is 0 Å². The summed E-state index contributed by atoms with van der Waals surface area (Å²) in [4.78, 5) is 12.0. The molecule has 1 amide bonds. The monoisotopic (exact) mass is 486 g/mol. The number of rotatable bonds is 10. The van der Waals surface area contributed by atoms with Gasteiger partial charge in [0.1, 0.15) is 6.61 Å². The molecule has 0 aliphatic heterocycles. The number of carbonyl (C=O) groups is 1. The van der Waals surface area contributed by atoms with Crippen LogP contribution in [0.3, 0.4) is 0 Å². The Morgan fingerprint density at radius 3 is 2.39 bits per heavy atom. The quantitative estimate of drug-likeness (QED) is 0.318. The number of benzene rings is 3. The van der Waals surface area contributed by atoms with E-state index in [0.717, 1.165) is 22.5 Å². The summed E-state index contributed by atoms with van der Waals surface area (Å²) in [6, 6.07) is 18.8. The summed E-state index contributed by atoms with van der Waals surface area (Å²) in [5.74, 6) is 1.37. The summed E-state index contributed by atoms with van der Waals surface area (Å²) in [6.07, 6.45) is 0.488. The first-order valence-corrected chi connectivity index (χ1v) is 11.5. The number of amides is 1. The van der Waals surface area contributed by atoms with E-state index in [2.05, 4.69) is 10.6 Å². The summed E-state index contributed by atoms with van der Waals surface area (Å²) in [5, 5.41) is 7.43. The number of ether oxygens (including phenoxy) is 2. The topological polar surface area (TPSA) is 59.6 Å². The molecule has 0 fully saturated rings. The Balaban J connectivity index is 1.64. The fraction of sp³-hybridized carbons (Fsp3) is 0.269. The van der Waals surface area contributed by atoms with Crippen molar-refractivity contribution in [3.8, 4) is 11.5 Å². The highest BCUT2D eigenvalue weighted by molar-refractivity contribution is 6.32. The largest absolute Gasteiger partial charge is 0.493 e. The van der Waals surface area contributed by atoms with E-state index in [1.54, 1.807) is 7.11 Å². The minimum absolute atomic E-state index is 0.00728. The lowest BCUT2D eigenvalue weighted by molar-refractivity contribution is -0.116. The zero-order valence-electron chi connectivity index (χ0n) is 19.0. The molecule has 3 aromatic carbocycles. The molecule has 0 aliphatic carbocycles. The van der Waals surface area contributed by atoms with Crippen molar-refractivity contribution in [1.82, 2.24) is 0 Å². The van der Waals surface area contributed by atoms with Crippen molar-refractivity contribution in [1.29, 1.82) is 0 Å². The van der Waals surface area contributed by atoms with Crippen molar-refractivity contribution in [2.24, 2.45) is 5.92 Å². The molecule has 0 unspecified atom stereocenters. The Morgan fingerprint density at radius 1 is 0.970 bits per heavy atom. The van der Waals surface area contributed by atoms with Crippen LogP contribution in [0.25, 0.3) is 0 Å². The molecule has 3 aromatic rings. The smallest absolute Gasteiger partial charge is 0.224 e. The van der Waals surface area contributed by atoms with Gasteiger partial charge in [-0.3, -0.25) is 4.79 Å². The third-order valence-corrected chi connectivity index (χ3v) is 5.35. The summed E-state index contributed by atoms with van der Waals surface area (Å²) < 4.78 is 11.4. The first kappa shape index (κ1) is 24.7. The zero-order chi connectivity index (χ0) is 23.8. The first-order valence-electron chi connectivity index (χ1n) is 10.7. The van der Waals surface area contributed by atoms with Crippen molar-refractivity contribution in [3.63, 3.8) is 0 Å². The van der Waals surface area contributed by atoms with Gasteiger partial charge in [-0.2, -0.15) is 0 Å². The maximum Gasteiger partial charge on any atom is 0.224 e. The van der Waals surface area contributed by atoms with Gasteiger partial charge in [-0.1, -0.05) is 55.2 Å². The van der Waals surface area contributed by atoms with Gasteiger partial charge in [0.15, 0.2) is 11.5 Å². The molecule has 174 valence electrons. The maximum atomic E-state index is 12.0. The van der Waals surface area contributed by atoms with E-state index >= 15 is 0 Å². The number of hydrogen-bond donors (Lipinski definition) is 2. The van der Waals surface area contributed by atoms with Crippen molar-refractivity contribution in [2.45, 2.75) is 33.4 Å². The van der Waals surface area contributed by atoms with Gasteiger partial charge in [-0.25, -0.2) is 0 Å². The zero-order valence-corrected chi connectivity index (χ0v) is 20.5. The Bertz CT molecular complexity index is 1090. The molecule has 0 aliphatic rings. The molecular formula is C26H28Cl2N2O3. The third kappa shape index (κ3) is 7.58. The number of hydrogen-bond acceptors (Lipinski definition) is 4. The molecule has 5 nitrogen and oxygen atoms in total. The van der Waals surface area contributed by atoms with Crippen molar-refractivity contribution in [3.05, 3.63) is 81.8 Å². The van der Waals surface area contributed by atoms with E-state index in [9.17, 15) is 4.79 Å². The lowest BCUT2D eigenvalue weighted by atomic mass is 10.1. The Labute approximate surface area is 205 Å². The number of methoxy groups -OCH3 is 1. The molecule has 7 heteroatoms. The molecule has 0 bridgehead atoms. The highest BCUT2D eigenvalue weighted by Crippen LogP contribution is 2.37. The highest BCUT2D eigenvalue weighted by Gasteiger charge is 2.13. The number of anilines is 2. The fourth-order valence-corrected chi connectivity index (χ4v) is 3.66. The number of nitrogens with one attached hydrogen (secondary N) is 2. The molecule has 0 atom stereocenters. The molecule has 0 spiro atoms. The van der Waals surface area contributed by atoms with Gasteiger partial charge in [0.2, 0.25) is 5.91 Å². The van der Waals surface area contributed by atoms with Crippen LogP contribution in [0.1, 0.15) is 31.4 Å². The van der Waals surface area contributed by atoms with E-state index < -0.39 is 0 Å². The second-order valence-corrected chi connectivity index (χ2v) is 8.95. The molecule has 2 N–H and O–H groups in total. The average Bonchev–Trinajstić information content (AvgIpc) is 2.77. The van der Waals surface area contributed by atoms with Crippen molar-refractivity contribution >= 4 is 40.5 Å². The van der Waals surface area contributed by atoms with Gasteiger partial charge >= 0.3 is 0 Å². The van der Waals surface area contributed by atoms with Crippen molar-refractivity contribution in [2.75, 3.05) is 17.7 Å². The molecular weight excluding hydrogens is 459 g/mol. The lowest BCUT2D eigenvalue weighted by Gasteiger charge is -2.15. The van der Waals surface area contributed by atoms with Crippen LogP contribution < -0.4 is 20.1 Å². The Kier molecular flexibility index (Phi) is 8.87. The fourth-order valence-electron chi connectivity index (χ4n) is 3.25. The molecule has 0 saturated carbocycles. The standard InChI is InChI=1S/C26H28Cl2N2O3/c1-17(2)11-25(31)30-22-6-4-5-21(14-22)29-15-19-12-23(28)26(24(13-19)32-3)33-16-18-7-9-20(27)10-8-18/h4-10,12-14,17,29H,11,15-16H2,1-3H3,(H,30,31). The van der Waals surface area contributed by atoms with Gasteiger partial charge in [0.25, 0.3) is 0 Å². The second kappa shape index (κ2) is 11.8. The lowest BCUT2D eigenvalue weighted by Crippen LogP contribution is -2.13. The Hall–Kier alpha value is -2.89. The van der Waals surface area contributed by atoms with Crippen molar-refractivity contribution < 1.29 is 14.3 Å². The Morgan fingerprint density at radius 2 is 1.70 bits per heavy atom. The van der Waals surface area contributed by atoms with Crippen LogP contribution >= 0.6 is 23.2 Å². The van der Waals surface area contributed by atoms with Crippen LogP contribution in [0.15, 0.2) is 60.7 Å². The van der Waals surface area contributed by atoms with E-state index in [1.807, 2.05) is 74.5 Å². The molecule has 3 rings (SSSR count). The van der Waals surface area contributed by atoms with Crippen LogP contribution in [0.2, 0.25) is 10.0 Å². The normalized spacial score (nSPS) is 10.7. The van der Waals surface area contributed by atoms with Crippen LogP contribution in [0.5, 0.6) is 11.5 Å². The molecule has 33 heavy (non-hydrogen) atoms. The molecule has 0 aromatic heterocycles. The van der Waals surface area contributed by atoms with Gasteiger partial charge in [-0.05, 0) is 59.5 Å². The van der Waals surface area contributed by atoms with Crippen LogP contribution in [0.4, 0.5) is 11.4 Å². The van der Waals surface area contributed by atoms with Gasteiger partial charge in [-0.15, -0.1) is 0 Å². The molecule has 0 saturated heterocycles. The van der Waals surface area contributed by atoms with Crippen LogP contribution in [0, 0.1) is 5.92 Å². The average molecular weight is 487 g/mol. The predicted octanol–water partition coefficient (Wildman–Crippen LogP) is 7.18. The maximum absolute atomic E-state index is 12.0. The number of halogens is 2. The van der Waals surface area contributed by atoms with Crippen LogP contribution in [-0.2, 0) is 17.9 Å². The molecule has 0 radical (unpaired) electrons. The summed E-state index contributed by atoms with van der Waals surface area (Å²) >= 11 is 12.4. The van der Waals surface area contributed by atoms with E-state index in [0.29, 0.717) is 47.0 Å². The summed E-state index contributed by atoms with van der Waals surface area (Å²) in [7, 11) is 1.58. The first-order chi connectivity index (χ1) is 15.8.